The van der Waals surface area contributed by atoms with Gasteiger partial charge in [-0.1, -0.05) is 11.6 Å². The van der Waals surface area contributed by atoms with Crippen LogP contribution < -0.4 is 0 Å². The first-order valence-corrected chi connectivity index (χ1v) is 12.6. The Bertz CT molecular complexity index is 1350. The van der Waals surface area contributed by atoms with E-state index in [1.807, 2.05) is 29.7 Å². The molecule has 0 bridgehead atoms. The van der Waals surface area contributed by atoms with Gasteiger partial charge in [-0.05, 0) is 36.8 Å². The molecule has 176 valence electrons. The molecule has 1 saturated heterocycles. The standard InChI is InChI=1S/C21H20Cl2FN3O5S/c1-12-3-4-27-17(8-13-11-26(5-6-32-13)21(28)31-2)20(25-19(27)7-12)14-9-16(24)18(10-15(14)22)33(23,29)30/h3-4,7,9-10,13H,5-6,8,11H2,1-2H3. The van der Waals surface area contributed by atoms with Crippen molar-refractivity contribution in [3.8, 4) is 11.3 Å². The lowest BCUT2D eigenvalue weighted by molar-refractivity contribution is -0.0241. The minimum atomic E-state index is -4.32. The molecule has 1 aliphatic heterocycles. The van der Waals surface area contributed by atoms with E-state index in [1.54, 1.807) is 4.90 Å². The summed E-state index contributed by atoms with van der Waals surface area (Å²) in [7, 11) is 2.32. The maximum absolute atomic E-state index is 14.7. The van der Waals surface area contributed by atoms with Gasteiger partial charge in [0, 0.05) is 35.4 Å². The third-order valence-corrected chi connectivity index (χ3v) is 7.06. The van der Waals surface area contributed by atoms with Crippen molar-refractivity contribution >= 4 is 43.1 Å². The molecule has 1 amide bonds. The summed E-state index contributed by atoms with van der Waals surface area (Å²) in [5.41, 5.74) is 2.84. The molecule has 1 aromatic carbocycles. The van der Waals surface area contributed by atoms with E-state index >= 15 is 0 Å². The van der Waals surface area contributed by atoms with Crippen LogP contribution in [-0.4, -0.2) is 61.7 Å². The number of aryl methyl sites for hydroxylation is 1. The first-order chi connectivity index (χ1) is 15.6. The van der Waals surface area contributed by atoms with Crippen molar-refractivity contribution in [2.75, 3.05) is 26.8 Å². The van der Waals surface area contributed by atoms with Gasteiger partial charge in [-0.2, -0.15) is 0 Å². The molecular weight excluding hydrogens is 496 g/mol. The number of imidazole rings is 1. The van der Waals surface area contributed by atoms with Crippen molar-refractivity contribution < 1.29 is 27.1 Å². The SMILES string of the molecule is COC(=O)N1CCOC(Cc2c(-c3cc(F)c(S(=O)(=O)Cl)cc3Cl)nc3cc(C)ccn23)C1. The number of nitrogens with zero attached hydrogens (tertiary/aromatic N) is 3. The molecule has 0 N–H and O–H groups in total. The molecule has 1 aliphatic rings. The number of amides is 1. The van der Waals surface area contributed by atoms with Crippen LogP contribution in [0.15, 0.2) is 35.4 Å². The maximum Gasteiger partial charge on any atom is 0.409 e. The van der Waals surface area contributed by atoms with Crippen molar-refractivity contribution in [1.82, 2.24) is 14.3 Å². The van der Waals surface area contributed by atoms with E-state index in [9.17, 15) is 17.6 Å². The minimum absolute atomic E-state index is 0.0160. The van der Waals surface area contributed by atoms with Crippen LogP contribution in [0.2, 0.25) is 5.02 Å². The number of benzene rings is 1. The molecule has 0 radical (unpaired) electrons. The zero-order valence-corrected chi connectivity index (χ0v) is 20.0. The second kappa shape index (κ2) is 9.09. The van der Waals surface area contributed by atoms with E-state index in [4.69, 9.17) is 31.8 Å². The Morgan fingerprint density at radius 2 is 2.12 bits per heavy atom. The van der Waals surface area contributed by atoms with Crippen LogP contribution in [-0.2, 0) is 24.9 Å². The van der Waals surface area contributed by atoms with E-state index in [0.717, 1.165) is 17.7 Å². The first kappa shape index (κ1) is 23.7. The summed E-state index contributed by atoms with van der Waals surface area (Å²) in [6.07, 6.45) is 1.35. The lowest BCUT2D eigenvalue weighted by Gasteiger charge is -2.32. The largest absolute Gasteiger partial charge is 0.453 e. The maximum atomic E-state index is 14.7. The number of fused-ring (bicyclic) bond motifs is 1. The Balaban J connectivity index is 1.81. The fraction of sp³-hybridized carbons (Fsp3) is 0.333. The number of halogens is 3. The number of carbonyl (C=O) groups excluding carboxylic acids is 1. The quantitative estimate of drug-likeness (QED) is 0.487. The van der Waals surface area contributed by atoms with Crippen molar-refractivity contribution in [2.45, 2.75) is 24.3 Å². The second-order valence-electron chi connectivity index (χ2n) is 7.65. The number of morpholine rings is 1. The Hall–Kier alpha value is -2.40. The third kappa shape index (κ3) is 4.79. The molecule has 3 aromatic rings. The minimum Gasteiger partial charge on any atom is -0.453 e. The lowest BCUT2D eigenvalue weighted by Crippen LogP contribution is -2.46. The summed E-state index contributed by atoms with van der Waals surface area (Å²) in [6, 6.07) is 5.75. The topological polar surface area (TPSA) is 90.2 Å². The number of hydrogen-bond acceptors (Lipinski definition) is 6. The average molecular weight is 516 g/mol. The van der Waals surface area contributed by atoms with Crippen LogP contribution in [0.4, 0.5) is 9.18 Å². The van der Waals surface area contributed by atoms with E-state index in [-0.39, 0.29) is 16.7 Å². The fourth-order valence-corrected chi connectivity index (χ4v) is 5.08. The van der Waals surface area contributed by atoms with Gasteiger partial charge in [0.15, 0.2) is 0 Å². The number of ether oxygens (including phenoxy) is 2. The number of methoxy groups -OCH3 is 1. The monoisotopic (exact) mass is 515 g/mol. The number of hydrogen-bond donors (Lipinski definition) is 0. The molecule has 1 fully saturated rings. The Kier molecular flexibility index (Phi) is 6.54. The normalized spacial score (nSPS) is 16.9. The molecule has 0 saturated carbocycles. The van der Waals surface area contributed by atoms with Gasteiger partial charge >= 0.3 is 6.09 Å². The van der Waals surface area contributed by atoms with Crippen molar-refractivity contribution in [3.63, 3.8) is 0 Å². The number of aromatic nitrogens is 2. The number of rotatable bonds is 4. The molecular formula is C21H20Cl2FN3O5S. The van der Waals surface area contributed by atoms with Crippen LogP contribution in [0.3, 0.4) is 0 Å². The Morgan fingerprint density at radius 1 is 1.36 bits per heavy atom. The highest BCUT2D eigenvalue weighted by molar-refractivity contribution is 8.13. The first-order valence-electron chi connectivity index (χ1n) is 9.94. The van der Waals surface area contributed by atoms with E-state index in [2.05, 4.69) is 4.98 Å². The van der Waals surface area contributed by atoms with Gasteiger partial charge in [0.25, 0.3) is 9.05 Å². The predicted molar refractivity (Wildman–Crippen MR) is 121 cm³/mol. The van der Waals surface area contributed by atoms with Crippen molar-refractivity contribution in [2.24, 2.45) is 0 Å². The van der Waals surface area contributed by atoms with Gasteiger partial charge in [0.05, 0.1) is 42.8 Å². The molecule has 0 aliphatic carbocycles. The van der Waals surface area contributed by atoms with Crippen LogP contribution >= 0.6 is 22.3 Å². The van der Waals surface area contributed by atoms with E-state index < -0.39 is 25.9 Å². The van der Waals surface area contributed by atoms with Crippen molar-refractivity contribution in [3.05, 3.63) is 52.6 Å². The zero-order valence-electron chi connectivity index (χ0n) is 17.7. The Morgan fingerprint density at radius 3 is 2.82 bits per heavy atom. The molecule has 8 nitrogen and oxygen atoms in total. The summed E-state index contributed by atoms with van der Waals surface area (Å²) in [5, 5.41) is -0.0160. The zero-order chi connectivity index (χ0) is 23.9. The lowest BCUT2D eigenvalue weighted by atomic mass is 10.0. The van der Waals surface area contributed by atoms with E-state index in [1.165, 1.54) is 7.11 Å². The highest BCUT2D eigenvalue weighted by Crippen LogP contribution is 2.35. The summed E-state index contributed by atoms with van der Waals surface area (Å²) in [4.78, 5) is 17.4. The smallest absolute Gasteiger partial charge is 0.409 e. The van der Waals surface area contributed by atoms with Gasteiger partial charge in [0.2, 0.25) is 0 Å². The molecule has 4 rings (SSSR count). The average Bonchev–Trinajstić information content (AvgIpc) is 3.10. The molecule has 0 spiro atoms. The molecule has 33 heavy (non-hydrogen) atoms. The summed E-state index contributed by atoms with van der Waals surface area (Å²) in [5.74, 6) is -1.03. The predicted octanol–water partition coefficient (Wildman–Crippen LogP) is 4.04. The number of pyridine rings is 1. The molecule has 1 atom stereocenters. The van der Waals surface area contributed by atoms with Gasteiger partial charge in [-0.3, -0.25) is 0 Å². The highest BCUT2D eigenvalue weighted by Gasteiger charge is 2.29. The highest BCUT2D eigenvalue weighted by atomic mass is 35.7. The van der Waals surface area contributed by atoms with Crippen LogP contribution in [0, 0.1) is 12.7 Å². The molecule has 12 heteroatoms. The van der Waals surface area contributed by atoms with Crippen LogP contribution in [0.5, 0.6) is 0 Å². The number of carbonyl (C=O) groups is 1. The van der Waals surface area contributed by atoms with Crippen LogP contribution in [0.1, 0.15) is 11.3 Å². The van der Waals surface area contributed by atoms with E-state index in [0.29, 0.717) is 43.2 Å². The summed E-state index contributed by atoms with van der Waals surface area (Å²) >= 11 is 6.36. The third-order valence-electron chi connectivity index (χ3n) is 5.41. The van der Waals surface area contributed by atoms with Gasteiger partial charge in [-0.25, -0.2) is 22.6 Å². The van der Waals surface area contributed by atoms with Gasteiger partial charge < -0.3 is 18.8 Å². The summed E-state index contributed by atoms with van der Waals surface area (Å²) < 4.78 is 50.5. The van der Waals surface area contributed by atoms with Gasteiger partial charge in [0.1, 0.15) is 16.4 Å². The molecule has 2 aromatic heterocycles. The van der Waals surface area contributed by atoms with Crippen molar-refractivity contribution in [1.29, 1.82) is 0 Å². The van der Waals surface area contributed by atoms with Gasteiger partial charge in [-0.15, -0.1) is 0 Å². The summed E-state index contributed by atoms with van der Waals surface area (Å²) in [6.45, 7) is 2.96. The molecule has 3 heterocycles. The fourth-order valence-electron chi connectivity index (χ4n) is 3.86. The Labute approximate surface area is 199 Å². The van der Waals surface area contributed by atoms with Crippen LogP contribution in [0.25, 0.3) is 16.9 Å². The molecule has 1 unspecified atom stereocenters. The second-order valence-corrected chi connectivity index (χ2v) is 10.6.